The lowest BCUT2D eigenvalue weighted by molar-refractivity contribution is -0.106. The number of carbonyl (C=O) groups is 1. The minimum atomic E-state index is 0. The standard InChI is InChI=1S/C12H18.C10H13N.CH3NO.ClH/c1-3-8-12-10-7-5-6-9-11(12)4-2;1-8-6-9-4-2-3-5-10(9)7-11-8;2-1-3;/h5-6,9-10H,3-4,7-8H2,1-2H3;2-5,8,11H,6-7H2,1H3;1H,(H2,2,3);1H. The zero-order valence-electron chi connectivity index (χ0n) is 16.9. The number of hydrogen-bond acceptors (Lipinski definition) is 2. The number of amides is 1. The van der Waals surface area contributed by atoms with Crippen molar-refractivity contribution >= 4 is 18.8 Å². The fraction of sp³-hybridized carbons (Fsp3) is 0.435. The molecule has 3 rings (SSSR count). The zero-order valence-corrected chi connectivity index (χ0v) is 17.7. The van der Waals surface area contributed by atoms with Gasteiger partial charge < -0.3 is 11.1 Å². The van der Waals surface area contributed by atoms with E-state index in [9.17, 15) is 0 Å². The molecule has 0 bridgehead atoms. The fourth-order valence-corrected chi connectivity index (χ4v) is 3.20. The predicted molar refractivity (Wildman–Crippen MR) is 119 cm³/mol. The van der Waals surface area contributed by atoms with Crippen molar-refractivity contribution in [2.24, 2.45) is 5.73 Å². The van der Waals surface area contributed by atoms with Gasteiger partial charge in [-0.3, -0.25) is 4.79 Å². The molecular formula is C23H35ClN2O. The molecule has 0 spiro atoms. The van der Waals surface area contributed by atoms with Gasteiger partial charge in [0.25, 0.3) is 0 Å². The smallest absolute Gasteiger partial charge is 0.204 e. The second-order valence-corrected chi connectivity index (χ2v) is 6.58. The topological polar surface area (TPSA) is 55.1 Å². The second-order valence-electron chi connectivity index (χ2n) is 6.58. The van der Waals surface area contributed by atoms with Gasteiger partial charge >= 0.3 is 0 Å². The number of nitrogens with two attached hydrogens (primary N) is 1. The molecule has 4 heteroatoms. The lowest BCUT2D eigenvalue weighted by atomic mass is 9.97. The van der Waals surface area contributed by atoms with Gasteiger partial charge in [-0.2, -0.15) is 0 Å². The van der Waals surface area contributed by atoms with E-state index in [0.29, 0.717) is 6.04 Å². The third-order valence-electron chi connectivity index (χ3n) is 4.53. The van der Waals surface area contributed by atoms with E-state index in [1.807, 2.05) is 0 Å². The molecule has 150 valence electrons. The molecule has 1 amide bonds. The van der Waals surface area contributed by atoms with Gasteiger partial charge in [0, 0.05) is 12.6 Å². The summed E-state index contributed by atoms with van der Waals surface area (Å²) in [5.41, 5.74) is 10.2. The maximum absolute atomic E-state index is 8.58. The van der Waals surface area contributed by atoms with E-state index in [1.165, 1.54) is 36.0 Å². The van der Waals surface area contributed by atoms with Crippen LogP contribution in [0.2, 0.25) is 0 Å². The second kappa shape index (κ2) is 15.2. The van der Waals surface area contributed by atoms with Gasteiger partial charge in [0.15, 0.2) is 0 Å². The fourth-order valence-electron chi connectivity index (χ4n) is 3.20. The van der Waals surface area contributed by atoms with E-state index in [4.69, 9.17) is 4.79 Å². The Kier molecular flexibility index (Phi) is 14.2. The highest BCUT2D eigenvalue weighted by molar-refractivity contribution is 5.85. The number of hydrogen-bond donors (Lipinski definition) is 2. The van der Waals surface area contributed by atoms with Gasteiger partial charge in [0.05, 0.1) is 0 Å². The predicted octanol–water partition coefficient (Wildman–Crippen LogP) is 5.25. The van der Waals surface area contributed by atoms with Crippen molar-refractivity contribution in [3.05, 3.63) is 70.8 Å². The summed E-state index contributed by atoms with van der Waals surface area (Å²) in [6, 6.07) is 9.30. The Balaban J connectivity index is 0.000000425. The Bertz CT molecular complexity index is 635. The summed E-state index contributed by atoms with van der Waals surface area (Å²) in [6.07, 6.45) is 15.2. The van der Waals surface area contributed by atoms with Crippen LogP contribution in [0, 0.1) is 0 Å². The summed E-state index contributed by atoms with van der Waals surface area (Å²) in [5, 5.41) is 3.44. The number of fused-ring (bicyclic) bond motifs is 1. The molecule has 27 heavy (non-hydrogen) atoms. The van der Waals surface area contributed by atoms with E-state index < -0.39 is 0 Å². The Labute approximate surface area is 171 Å². The highest BCUT2D eigenvalue weighted by Gasteiger charge is 2.12. The molecule has 0 radical (unpaired) electrons. The Hall–Kier alpha value is -1.84. The first-order chi connectivity index (χ1) is 12.7. The molecule has 0 saturated carbocycles. The largest absolute Gasteiger partial charge is 0.372 e. The number of halogens is 1. The van der Waals surface area contributed by atoms with Crippen molar-refractivity contribution in [3.8, 4) is 0 Å². The molecule has 2 aliphatic rings. The Morgan fingerprint density at radius 1 is 1.19 bits per heavy atom. The SMILES string of the molecule is CC1Cc2ccccc2CN1.CCCC1=CCC=CC=C1CC.Cl.NC=O. The number of allylic oxidation sites excluding steroid dienone is 6. The van der Waals surface area contributed by atoms with Crippen LogP contribution < -0.4 is 11.1 Å². The molecule has 1 atom stereocenters. The molecule has 3 N–H and O–H groups in total. The normalized spacial score (nSPS) is 17.2. The first-order valence-electron chi connectivity index (χ1n) is 9.66. The van der Waals surface area contributed by atoms with E-state index in [0.717, 1.165) is 19.4 Å². The maximum Gasteiger partial charge on any atom is 0.204 e. The van der Waals surface area contributed by atoms with Gasteiger partial charge in [-0.1, -0.05) is 68.8 Å². The highest BCUT2D eigenvalue weighted by Crippen LogP contribution is 2.21. The van der Waals surface area contributed by atoms with Gasteiger partial charge in [-0.05, 0) is 54.9 Å². The molecule has 0 aromatic heterocycles. The zero-order chi connectivity index (χ0) is 19.2. The lowest BCUT2D eigenvalue weighted by Crippen LogP contribution is -2.32. The van der Waals surface area contributed by atoms with Gasteiger partial charge in [0.1, 0.15) is 0 Å². The van der Waals surface area contributed by atoms with E-state index in [2.05, 4.69) is 80.4 Å². The first kappa shape index (κ1) is 25.2. The van der Waals surface area contributed by atoms with E-state index >= 15 is 0 Å². The maximum atomic E-state index is 8.58. The summed E-state index contributed by atoms with van der Waals surface area (Å²) < 4.78 is 0. The van der Waals surface area contributed by atoms with Gasteiger partial charge in [-0.15, -0.1) is 12.4 Å². The molecule has 1 unspecified atom stereocenters. The van der Waals surface area contributed by atoms with E-state index in [1.54, 1.807) is 5.57 Å². The van der Waals surface area contributed by atoms with Crippen LogP contribution in [0.1, 0.15) is 57.6 Å². The highest BCUT2D eigenvalue weighted by atomic mass is 35.5. The average molecular weight is 391 g/mol. The lowest BCUT2D eigenvalue weighted by Gasteiger charge is -2.22. The molecule has 1 aromatic rings. The van der Waals surface area contributed by atoms with Crippen molar-refractivity contribution < 1.29 is 4.79 Å². The number of primary amides is 1. The molecule has 1 aliphatic carbocycles. The van der Waals surface area contributed by atoms with Crippen LogP contribution in [0.5, 0.6) is 0 Å². The minimum absolute atomic E-state index is 0. The van der Waals surface area contributed by atoms with Crippen LogP contribution in [-0.2, 0) is 17.8 Å². The summed E-state index contributed by atoms with van der Waals surface area (Å²) in [4.78, 5) is 8.58. The molecule has 1 aromatic carbocycles. The van der Waals surface area contributed by atoms with Gasteiger partial charge in [-0.25, -0.2) is 0 Å². The van der Waals surface area contributed by atoms with Crippen LogP contribution in [0.4, 0.5) is 0 Å². The summed E-state index contributed by atoms with van der Waals surface area (Å²) in [7, 11) is 0. The van der Waals surface area contributed by atoms with Crippen molar-refractivity contribution in [1.29, 1.82) is 0 Å². The van der Waals surface area contributed by atoms with Crippen LogP contribution in [0.3, 0.4) is 0 Å². The monoisotopic (exact) mass is 390 g/mol. The Morgan fingerprint density at radius 3 is 2.48 bits per heavy atom. The van der Waals surface area contributed by atoms with Crippen LogP contribution in [0.15, 0.2) is 59.7 Å². The first-order valence-corrected chi connectivity index (χ1v) is 9.66. The molecule has 3 nitrogen and oxygen atoms in total. The van der Waals surface area contributed by atoms with Gasteiger partial charge in [0.2, 0.25) is 6.41 Å². The van der Waals surface area contributed by atoms with Crippen molar-refractivity contribution in [2.75, 3.05) is 0 Å². The van der Waals surface area contributed by atoms with Crippen molar-refractivity contribution in [1.82, 2.24) is 5.32 Å². The Morgan fingerprint density at radius 2 is 1.85 bits per heavy atom. The number of nitrogens with one attached hydrogen (secondary N) is 1. The van der Waals surface area contributed by atoms with Crippen LogP contribution >= 0.6 is 12.4 Å². The summed E-state index contributed by atoms with van der Waals surface area (Å²) >= 11 is 0. The molecule has 0 saturated heterocycles. The third kappa shape index (κ3) is 9.60. The molecule has 1 heterocycles. The number of benzene rings is 1. The quantitative estimate of drug-likeness (QED) is 0.692. The van der Waals surface area contributed by atoms with Crippen LogP contribution in [-0.4, -0.2) is 12.5 Å². The molecule has 0 fully saturated rings. The number of rotatable bonds is 3. The minimum Gasteiger partial charge on any atom is -0.372 e. The van der Waals surface area contributed by atoms with Crippen molar-refractivity contribution in [3.63, 3.8) is 0 Å². The van der Waals surface area contributed by atoms with Crippen LogP contribution in [0.25, 0.3) is 0 Å². The van der Waals surface area contributed by atoms with E-state index in [-0.39, 0.29) is 18.8 Å². The van der Waals surface area contributed by atoms with Crippen molar-refractivity contribution in [2.45, 2.75) is 65.5 Å². The summed E-state index contributed by atoms with van der Waals surface area (Å²) in [6.45, 7) is 7.74. The molecule has 1 aliphatic heterocycles. The summed E-state index contributed by atoms with van der Waals surface area (Å²) in [5.74, 6) is 0. The number of carbonyl (C=O) groups excluding carboxylic acids is 1. The average Bonchev–Trinajstić information content (AvgIpc) is 2.88. The third-order valence-corrected chi connectivity index (χ3v) is 4.53. The molecular weight excluding hydrogens is 356 g/mol.